The highest BCUT2D eigenvalue weighted by Gasteiger charge is 2.23. The summed E-state index contributed by atoms with van der Waals surface area (Å²) in [6, 6.07) is 4.36. The van der Waals surface area contributed by atoms with Crippen molar-refractivity contribution in [2.24, 2.45) is 0 Å². The quantitative estimate of drug-likeness (QED) is 0.937. The summed E-state index contributed by atoms with van der Waals surface area (Å²) < 4.78 is 29.7. The molecule has 0 fully saturated rings. The van der Waals surface area contributed by atoms with Gasteiger partial charge in [0, 0.05) is 17.2 Å². The molecule has 0 radical (unpaired) electrons. The van der Waals surface area contributed by atoms with Crippen LogP contribution in [0.4, 0.5) is 4.39 Å². The lowest BCUT2D eigenvalue weighted by atomic mass is 10.0. The van der Waals surface area contributed by atoms with Crippen molar-refractivity contribution in [1.82, 2.24) is 5.16 Å². The second-order valence-corrected chi connectivity index (χ2v) is 4.58. The van der Waals surface area contributed by atoms with Gasteiger partial charge < -0.3 is 19.1 Å². The zero-order valence-electron chi connectivity index (χ0n) is 11.1. The minimum absolute atomic E-state index is 0.170. The molecule has 1 N–H and O–H groups in total. The van der Waals surface area contributed by atoms with Gasteiger partial charge in [0.25, 0.3) is 0 Å². The Morgan fingerprint density at radius 3 is 2.52 bits per heavy atom. The molecule has 0 amide bonds. The molecule has 1 aromatic carbocycles. The van der Waals surface area contributed by atoms with Crippen LogP contribution in [0.1, 0.15) is 29.1 Å². The van der Waals surface area contributed by atoms with E-state index in [1.54, 1.807) is 6.07 Å². The fourth-order valence-corrected chi connectivity index (χ4v) is 2.15. The molecule has 1 aromatic heterocycles. The molecule has 1 aliphatic rings. The Labute approximate surface area is 119 Å². The maximum atomic E-state index is 13.8. The smallest absolute Gasteiger partial charge is 0.358 e. The number of halogens is 1. The molecule has 1 aliphatic heterocycles. The van der Waals surface area contributed by atoms with Crippen LogP contribution in [0.25, 0.3) is 11.3 Å². The van der Waals surface area contributed by atoms with Crippen molar-refractivity contribution in [3.8, 4) is 22.8 Å². The Bertz CT molecular complexity index is 695. The second-order valence-electron chi connectivity index (χ2n) is 4.58. The van der Waals surface area contributed by atoms with E-state index in [4.69, 9.17) is 19.1 Å². The molecule has 21 heavy (non-hydrogen) atoms. The Hall–Kier alpha value is -2.57. The number of hydrogen-bond donors (Lipinski definition) is 1. The maximum absolute atomic E-state index is 13.8. The Morgan fingerprint density at radius 2 is 1.95 bits per heavy atom. The summed E-state index contributed by atoms with van der Waals surface area (Å²) in [6.07, 6.45) is -1.28. The van der Waals surface area contributed by atoms with Crippen molar-refractivity contribution in [3.63, 3.8) is 0 Å². The average molecular weight is 293 g/mol. The van der Waals surface area contributed by atoms with E-state index in [2.05, 4.69) is 5.16 Å². The lowest BCUT2D eigenvalue weighted by molar-refractivity contribution is 0.0686. The van der Waals surface area contributed by atoms with Crippen LogP contribution in [0.15, 0.2) is 22.7 Å². The molecule has 3 rings (SSSR count). The summed E-state index contributed by atoms with van der Waals surface area (Å²) in [5.41, 5.74) is 0.485. The lowest BCUT2D eigenvalue weighted by Gasteiger charge is -2.21. The molecule has 6 nitrogen and oxygen atoms in total. The van der Waals surface area contributed by atoms with Crippen LogP contribution in [-0.4, -0.2) is 29.4 Å². The maximum Gasteiger partial charge on any atom is 0.358 e. The molecule has 7 heteroatoms. The van der Waals surface area contributed by atoms with E-state index in [1.807, 2.05) is 0 Å². The van der Waals surface area contributed by atoms with Gasteiger partial charge in [-0.2, -0.15) is 0 Å². The van der Waals surface area contributed by atoms with Crippen LogP contribution in [0, 0.1) is 0 Å². The normalized spacial score (nSPS) is 14.8. The SMILES string of the molecule is CC(F)c1cc2c(cc1-c1cc(C(=O)O)no1)OCCO2. The van der Waals surface area contributed by atoms with Crippen LogP contribution in [0.3, 0.4) is 0 Å². The van der Waals surface area contributed by atoms with E-state index in [9.17, 15) is 9.18 Å². The van der Waals surface area contributed by atoms with Crippen molar-refractivity contribution in [2.75, 3.05) is 13.2 Å². The van der Waals surface area contributed by atoms with Gasteiger partial charge in [0.1, 0.15) is 19.4 Å². The number of aromatic carboxylic acids is 1. The number of carbonyl (C=O) groups is 1. The first-order valence-electron chi connectivity index (χ1n) is 6.34. The molecule has 2 heterocycles. The largest absolute Gasteiger partial charge is 0.486 e. The summed E-state index contributed by atoms with van der Waals surface area (Å²) in [5, 5.41) is 12.3. The number of hydrogen-bond acceptors (Lipinski definition) is 5. The molecule has 1 atom stereocenters. The summed E-state index contributed by atoms with van der Waals surface area (Å²) in [5.74, 6) is -0.113. The van der Waals surface area contributed by atoms with E-state index >= 15 is 0 Å². The molecule has 0 aliphatic carbocycles. The Kier molecular flexibility index (Phi) is 3.25. The molecule has 0 saturated carbocycles. The highest BCUT2D eigenvalue weighted by Crippen LogP contribution is 2.40. The average Bonchev–Trinajstić information content (AvgIpc) is 2.95. The minimum Gasteiger partial charge on any atom is -0.486 e. The van der Waals surface area contributed by atoms with Gasteiger partial charge in [0.05, 0.1) is 0 Å². The van der Waals surface area contributed by atoms with Gasteiger partial charge in [-0.3, -0.25) is 0 Å². The zero-order valence-corrected chi connectivity index (χ0v) is 11.1. The van der Waals surface area contributed by atoms with Gasteiger partial charge >= 0.3 is 5.97 Å². The van der Waals surface area contributed by atoms with Gasteiger partial charge in [-0.25, -0.2) is 9.18 Å². The summed E-state index contributed by atoms with van der Waals surface area (Å²) in [4.78, 5) is 10.9. The molecular weight excluding hydrogens is 281 g/mol. The topological polar surface area (TPSA) is 81.8 Å². The lowest BCUT2D eigenvalue weighted by Crippen LogP contribution is -2.15. The molecule has 0 bridgehead atoms. The predicted octanol–water partition coefficient (Wildman–Crippen LogP) is 2.84. The van der Waals surface area contributed by atoms with Gasteiger partial charge in [-0.1, -0.05) is 5.16 Å². The standard InChI is InChI=1S/C14H12FNO5/c1-7(15)8-4-12-13(20-3-2-19-12)5-9(8)11-6-10(14(17)18)16-21-11/h4-7H,2-3H2,1H3,(H,17,18). The number of fused-ring (bicyclic) bond motifs is 1. The second kappa shape index (κ2) is 5.08. The van der Waals surface area contributed by atoms with Crippen molar-refractivity contribution in [2.45, 2.75) is 13.1 Å². The molecule has 2 aromatic rings. The number of alkyl halides is 1. The molecular formula is C14H12FNO5. The van der Waals surface area contributed by atoms with Crippen LogP contribution in [0.5, 0.6) is 11.5 Å². The first-order valence-corrected chi connectivity index (χ1v) is 6.34. The van der Waals surface area contributed by atoms with E-state index in [1.165, 1.54) is 19.1 Å². The van der Waals surface area contributed by atoms with Crippen molar-refractivity contribution in [3.05, 3.63) is 29.5 Å². The van der Waals surface area contributed by atoms with Gasteiger partial charge in [0.15, 0.2) is 23.0 Å². The van der Waals surface area contributed by atoms with Crippen molar-refractivity contribution < 1.29 is 28.3 Å². The van der Waals surface area contributed by atoms with Gasteiger partial charge in [0.2, 0.25) is 0 Å². The third-order valence-electron chi connectivity index (χ3n) is 3.14. The van der Waals surface area contributed by atoms with Gasteiger partial charge in [-0.15, -0.1) is 0 Å². The Morgan fingerprint density at radius 1 is 1.29 bits per heavy atom. The number of rotatable bonds is 3. The summed E-state index contributed by atoms with van der Waals surface area (Å²) >= 11 is 0. The summed E-state index contributed by atoms with van der Waals surface area (Å²) in [7, 11) is 0. The third-order valence-corrected chi connectivity index (χ3v) is 3.14. The van der Waals surface area contributed by atoms with E-state index in [-0.39, 0.29) is 11.5 Å². The first kappa shape index (κ1) is 13.4. The van der Waals surface area contributed by atoms with E-state index < -0.39 is 12.1 Å². The highest BCUT2D eigenvalue weighted by molar-refractivity contribution is 5.86. The summed E-state index contributed by atoms with van der Waals surface area (Å²) in [6.45, 7) is 2.18. The third kappa shape index (κ3) is 2.42. The monoisotopic (exact) mass is 293 g/mol. The predicted molar refractivity (Wildman–Crippen MR) is 69.4 cm³/mol. The van der Waals surface area contributed by atoms with Crippen LogP contribution in [-0.2, 0) is 0 Å². The zero-order chi connectivity index (χ0) is 15.0. The minimum atomic E-state index is -1.28. The van der Waals surface area contributed by atoms with Crippen LogP contribution >= 0.6 is 0 Å². The van der Waals surface area contributed by atoms with Crippen LogP contribution in [0.2, 0.25) is 0 Å². The molecule has 1 unspecified atom stereocenters. The highest BCUT2D eigenvalue weighted by atomic mass is 19.1. The number of benzene rings is 1. The van der Waals surface area contributed by atoms with Crippen molar-refractivity contribution >= 4 is 5.97 Å². The molecule has 110 valence electrons. The number of nitrogens with zero attached hydrogens (tertiary/aromatic N) is 1. The number of ether oxygens (including phenoxy) is 2. The van der Waals surface area contributed by atoms with Crippen LogP contribution < -0.4 is 9.47 Å². The van der Waals surface area contributed by atoms with E-state index in [0.717, 1.165) is 0 Å². The van der Waals surface area contributed by atoms with Gasteiger partial charge in [-0.05, 0) is 19.1 Å². The Balaban J connectivity index is 2.12. The molecule has 0 saturated heterocycles. The molecule has 0 spiro atoms. The number of aromatic nitrogens is 1. The first-order chi connectivity index (χ1) is 10.1. The fraction of sp³-hybridized carbons (Fsp3) is 0.286. The number of carboxylic acids is 1. The fourth-order valence-electron chi connectivity index (χ4n) is 2.15. The van der Waals surface area contributed by atoms with E-state index in [0.29, 0.717) is 35.8 Å². The van der Waals surface area contributed by atoms with Crippen molar-refractivity contribution in [1.29, 1.82) is 0 Å². The number of carboxylic acid groups (broad SMARTS) is 1.